The maximum Gasteiger partial charge on any atom is 0.246 e. The molecule has 0 radical (unpaired) electrons. The van der Waals surface area contributed by atoms with Gasteiger partial charge in [0.2, 0.25) is 47.3 Å². The number of primary amides is 1. The van der Waals surface area contributed by atoms with E-state index in [2.05, 4.69) is 26.6 Å². The molecule has 2 aliphatic rings. The van der Waals surface area contributed by atoms with Crippen LogP contribution >= 0.6 is 0 Å². The Morgan fingerprint density at radius 3 is 1.79 bits per heavy atom. The lowest BCUT2D eigenvalue weighted by Gasteiger charge is -2.34. The van der Waals surface area contributed by atoms with E-state index in [1.54, 1.807) is 19.1 Å². The summed E-state index contributed by atoms with van der Waals surface area (Å²) in [5, 5.41) is 23.4. The molecule has 8 amide bonds. The van der Waals surface area contributed by atoms with Crippen LogP contribution in [-0.4, -0.2) is 118 Å². The number of nitrogens with zero attached hydrogens (tertiary/aromatic N) is 2. The first-order valence-corrected chi connectivity index (χ1v) is 20.5. The van der Waals surface area contributed by atoms with Gasteiger partial charge in [0.1, 0.15) is 42.0 Å². The zero-order chi connectivity index (χ0) is 43.3. The normalized spacial score (nSPS) is 19.6. The Balaban J connectivity index is 1.80. The summed E-state index contributed by atoms with van der Waals surface area (Å²) in [6, 6.07) is 0.349. The highest BCUT2D eigenvalue weighted by Gasteiger charge is 2.43. The average molecular weight is 813 g/mol. The van der Waals surface area contributed by atoms with Crippen LogP contribution in [0.4, 0.5) is 0 Å². The summed E-state index contributed by atoms with van der Waals surface area (Å²) in [5.74, 6) is -4.93. The molecule has 0 unspecified atom stereocenters. The van der Waals surface area contributed by atoms with Crippen molar-refractivity contribution in [2.45, 2.75) is 136 Å². The van der Waals surface area contributed by atoms with Crippen LogP contribution in [0.2, 0.25) is 0 Å². The van der Waals surface area contributed by atoms with Crippen LogP contribution in [0.1, 0.15) is 99.0 Å². The van der Waals surface area contributed by atoms with Crippen molar-refractivity contribution in [3.63, 3.8) is 0 Å². The van der Waals surface area contributed by atoms with Crippen LogP contribution in [0.3, 0.4) is 0 Å². The molecule has 0 aromatic heterocycles. The molecule has 0 spiro atoms. The number of carbonyl (C=O) groups excluding carboxylic acids is 8. The molecule has 58 heavy (non-hydrogen) atoms. The van der Waals surface area contributed by atoms with E-state index in [4.69, 9.17) is 5.73 Å². The van der Waals surface area contributed by atoms with E-state index in [-0.39, 0.29) is 49.4 Å². The third kappa shape index (κ3) is 13.2. The first-order valence-electron chi connectivity index (χ1n) is 20.5. The summed E-state index contributed by atoms with van der Waals surface area (Å²) < 4.78 is 0. The fraction of sp³-hybridized carbons (Fsp3) is 0.659. The average Bonchev–Trinajstić information content (AvgIpc) is 3.88. The van der Waals surface area contributed by atoms with Gasteiger partial charge in [-0.3, -0.25) is 38.4 Å². The smallest absolute Gasteiger partial charge is 0.246 e. The van der Waals surface area contributed by atoms with E-state index in [1.807, 2.05) is 34.6 Å². The van der Waals surface area contributed by atoms with E-state index >= 15 is 0 Å². The molecular formula is C41H64N8O9. The largest absolute Gasteiger partial charge is 0.508 e. The minimum atomic E-state index is -1.07. The van der Waals surface area contributed by atoms with E-state index < -0.39 is 83.5 Å². The van der Waals surface area contributed by atoms with Gasteiger partial charge in [-0.15, -0.1) is 0 Å². The second-order valence-electron chi connectivity index (χ2n) is 16.1. The third-order valence-electron chi connectivity index (χ3n) is 11.1. The molecule has 3 rings (SSSR count). The van der Waals surface area contributed by atoms with E-state index in [0.29, 0.717) is 50.6 Å². The standard InChI is InChI=1S/C41H64N8O9/c1-8-24(5)34(46-36(53)29(44-26(7)50)21-27-14-16-28(51)17-15-27)39(56)47-35(25(6)9-2)41(58)49-19-11-13-32(49)38(55)45-30(20-23(3)4)40(57)48-18-10-12-31(48)37(54)43-22-33(42)52/h14-17,23-25,29-32,34-35,51H,8-13,18-22H2,1-7H3,(H2,42,52)(H,43,54)(H,44,50)(H,45,55)(H,46,53)(H,47,56)/t24-,25-,29-,30-,31-,32-,34-,35-/m0/s1. The maximum atomic E-state index is 14.4. The fourth-order valence-electron chi connectivity index (χ4n) is 7.44. The Bertz CT molecular complexity index is 1640. The highest BCUT2D eigenvalue weighted by atomic mass is 16.3. The predicted octanol–water partition coefficient (Wildman–Crippen LogP) is 0.616. The molecule has 2 heterocycles. The molecule has 322 valence electrons. The summed E-state index contributed by atoms with van der Waals surface area (Å²) in [7, 11) is 0. The zero-order valence-corrected chi connectivity index (χ0v) is 35.0. The molecular weight excluding hydrogens is 748 g/mol. The number of hydrogen-bond acceptors (Lipinski definition) is 9. The molecule has 2 aliphatic heterocycles. The van der Waals surface area contributed by atoms with Crippen LogP contribution in [0.15, 0.2) is 24.3 Å². The lowest BCUT2D eigenvalue weighted by atomic mass is 9.94. The topological polar surface area (TPSA) is 249 Å². The summed E-state index contributed by atoms with van der Waals surface area (Å²) >= 11 is 0. The molecule has 1 aromatic carbocycles. The number of nitrogens with two attached hydrogens (primary N) is 1. The lowest BCUT2D eigenvalue weighted by Crippen LogP contribution is -2.61. The predicted molar refractivity (Wildman–Crippen MR) is 215 cm³/mol. The summed E-state index contributed by atoms with van der Waals surface area (Å²) in [5.41, 5.74) is 5.86. The van der Waals surface area contributed by atoms with Crippen molar-refractivity contribution in [1.29, 1.82) is 0 Å². The van der Waals surface area contributed by atoms with Crippen LogP contribution < -0.4 is 32.3 Å². The number of nitrogens with one attached hydrogen (secondary N) is 5. The van der Waals surface area contributed by atoms with Gasteiger partial charge in [-0.25, -0.2) is 0 Å². The summed E-state index contributed by atoms with van der Waals surface area (Å²) in [4.78, 5) is 109. The molecule has 8 atom stereocenters. The van der Waals surface area contributed by atoms with Gasteiger partial charge in [-0.2, -0.15) is 0 Å². The number of phenolic OH excluding ortho intramolecular Hbond substituents is 1. The van der Waals surface area contributed by atoms with Crippen molar-refractivity contribution < 1.29 is 43.5 Å². The Labute approximate surface area is 341 Å². The Morgan fingerprint density at radius 2 is 1.26 bits per heavy atom. The Hall–Kier alpha value is -5.22. The molecule has 0 saturated carbocycles. The third-order valence-corrected chi connectivity index (χ3v) is 11.1. The maximum absolute atomic E-state index is 14.4. The van der Waals surface area contributed by atoms with Gasteiger partial charge in [0.25, 0.3) is 0 Å². The molecule has 8 N–H and O–H groups in total. The van der Waals surface area contributed by atoms with E-state index in [9.17, 15) is 43.5 Å². The molecule has 2 saturated heterocycles. The van der Waals surface area contributed by atoms with Crippen molar-refractivity contribution in [3.8, 4) is 5.75 Å². The summed E-state index contributed by atoms with van der Waals surface area (Å²) in [6.07, 6.45) is 3.19. The number of likely N-dealkylation sites (tertiary alicyclic amines) is 2. The van der Waals surface area contributed by atoms with Gasteiger partial charge in [0.05, 0.1) is 6.54 Å². The summed E-state index contributed by atoms with van der Waals surface area (Å²) in [6.45, 7) is 12.6. The molecule has 0 aliphatic carbocycles. The van der Waals surface area contributed by atoms with Crippen molar-refractivity contribution in [3.05, 3.63) is 29.8 Å². The van der Waals surface area contributed by atoms with Crippen LogP contribution in [0.5, 0.6) is 5.75 Å². The highest BCUT2D eigenvalue weighted by molar-refractivity contribution is 5.98. The fourth-order valence-corrected chi connectivity index (χ4v) is 7.44. The zero-order valence-electron chi connectivity index (χ0n) is 35.0. The minimum absolute atomic E-state index is 0.00872. The second kappa shape index (κ2) is 22.1. The number of phenols is 1. The Kier molecular flexibility index (Phi) is 17.9. The van der Waals surface area contributed by atoms with Gasteiger partial charge < -0.3 is 47.2 Å². The minimum Gasteiger partial charge on any atom is -0.508 e. The van der Waals surface area contributed by atoms with E-state index in [0.717, 1.165) is 0 Å². The number of benzene rings is 1. The van der Waals surface area contributed by atoms with Gasteiger partial charge in [0.15, 0.2) is 0 Å². The van der Waals surface area contributed by atoms with Crippen molar-refractivity contribution in [1.82, 2.24) is 36.4 Å². The van der Waals surface area contributed by atoms with Gasteiger partial charge in [0, 0.05) is 26.4 Å². The monoisotopic (exact) mass is 812 g/mol. The molecule has 1 aromatic rings. The van der Waals surface area contributed by atoms with Gasteiger partial charge >= 0.3 is 0 Å². The van der Waals surface area contributed by atoms with Gasteiger partial charge in [-0.1, -0.05) is 66.5 Å². The number of rotatable bonds is 20. The quantitative estimate of drug-likeness (QED) is 0.0974. The van der Waals surface area contributed by atoms with Crippen LogP contribution in [0.25, 0.3) is 0 Å². The number of carbonyl (C=O) groups is 8. The first kappa shape index (κ1) is 47.2. The van der Waals surface area contributed by atoms with Gasteiger partial charge in [-0.05, 0) is 67.6 Å². The van der Waals surface area contributed by atoms with Crippen molar-refractivity contribution >= 4 is 47.3 Å². The second-order valence-corrected chi connectivity index (χ2v) is 16.1. The molecule has 2 fully saturated rings. The van der Waals surface area contributed by atoms with Crippen LogP contribution in [0, 0.1) is 17.8 Å². The SMILES string of the molecule is CC[C@H](C)[C@H](NC(=O)[C@H](Cc1ccc(O)cc1)NC(C)=O)C(=O)N[C@H](C(=O)N1CCC[C@H]1C(=O)N[C@@H](CC(C)C)C(=O)N1CCC[C@H]1C(=O)NCC(N)=O)[C@@H](C)CC. The molecule has 0 bridgehead atoms. The van der Waals surface area contributed by atoms with Crippen LogP contribution in [-0.2, 0) is 44.8 Å². The Morgan fingerprint density at radius 1 is 0.724 bits per heavy atom. The highest BCUT2D eigenvalue weighted by Crippen LogP contribution is 2.24. The van der Waals surface area contributed by atoms with E-state index in [1.165, 1.54) is 28.9 Å². The number of aromatic hydroxyl groups is 1. The number of amides is 8. The first-order chi connectivity index (χ1) is 27.4. The van der Waals surface area contributed by atoms with Crippen molar-refractivity contribution in [2.75, 3.05) is 19.6 Å². The lowest BCUT2D eigenvalue weighted by molar-refractivity contribution is -0.145. The molecule has 17 heteroatoms. The van der Waals surface area contributed by atoms with Crippen molar-refractivity contribution in [2.24, 2.45) is 23.5 Å². The molecule has 17 nitrogen and oxygen atoms in total. The number of hydrogen-bond donors (Lipinski definition) is 7.